The lowest BCUT2D eigenvalue weighted by Gasteiger charge is -2.27. The quantitative estimate of drug-likeness (QED) is 0.473. The molecule has 0 N–H and O–H groups in total. The Hall–Kier alpha value is -1.28. The van der Waals surface area contributed by atoms with E-state index in [9.17, 15) is 4.79 Å². The first-order chi connectivity index (χ1) is 8.48. The normalized spacial score (nSPS) is 20.9. The van der Waals surface area contributed by atoms with E-state index in [0.29, 0.717) is 6.54 Å². The molecule has 1 atom stereocenters. The standard InChI is InChI=1S/C15H18ClNO/c1-11(16)10-17-13-7-5-4-6-12(13)15(2,3)14(17)8-9-18/h4-9,11H,10H2,1-3H3. The number of hydrogen-bond donors (Lipinski definition) is 0. The number of benzene rings is 1. The van der Waals surface area contributed by atoms with Gasteiger partial charge in [0.15, 0.2) is 0 Å². The van der Waals surface area contributed by atoms with E-state index in [2.05, 4.69) is 30.9 Å². The van der Waals surface area contributed by atoms with E-state index in [1.807, 2.05) is 19.1 Å². The number of allylic oxidation sites excluding steroid dienone is 2. The zero-order chi connectivity index (χ0) is 13.3. The molecule has 0 fully saturated rings. The van der Waals surface area contributed by atoms with E-state index in [0.717, 1.165) is 17.7 Å². The van der Waals surface area contributed by atoms with Crippen molar-refractivity contribution in [2.45, 2.75) is 31.6 Å². The fourth-order valence-electron chi connectivity index (χ4n) is 2.65. The molecule has 1 aliphatic rings. The van der Waals surface area contributed by atoms with Gasteiger partial charge in [0, 0.05) is 28.7 Å². The minimum Gasteiger partial charge on any atom is -0.342 e. The van der Waals surface area contributed by atoms with Gasteiger partial charge in [-0.2, -0.15) is 0 Å². The third-order valence-electron chi connectivity index (χ3n) is 3.46. The fourth-order valence-corrected chi connectivity index (χ4v) is 2.79. The molecular formula is C15H18ClNO. The van der Waals surface area contributed by atoms with E-state index < -0.39 is 0 Å². The van der Waals surface area contributed by atoms with Crippen LogP contribution in [0, 0.1) is 0 Å². The molecule has 18 heavy (non-hydrogen) atoms. The smallest absolute Gasteiger partial charge is 0.144 e. The van der Waals surface area contributed by atoms with Gasteiger partial charge in [0.05, 0.1) is 0 Å². The molecular weight excluding hydrogens is 246 g/mol. The molecule has 1 heterocycles. The number of anilines is 1. The predicted molar refractivity (Wildman–Crippen MR) is 76.3 cm³/mol. The van der Waals surface area contributed by atoms with Crippen LogP contribution in [0.15, 0.2) is 36.0 Å². The van der Waals surface area contributed by atoms with Crippen molar-refractivity contribution < 1.29 is 4.79 Å². The summed E-state index contributed by atoms with van der Waals surface area (Å²) in [5.41, 5.74) is 3.27. The van der Waals surface area contributed by atoms with Crippen LogP contribution in [0.5, 0.6) is 0 Å². The average Bonchev–Trinajstić information content (AvgIpc) is 2.51. The Morgan fingerprint density at radius 3 is 2.67 bits per heavy atom. The molecule has 0 bridgehead atoms. The van der Waals surface area contributed by atoms with Gasteiger partial charge in [-0.05, 0) is 24.6 Å². The number of hydrogen-bond acceptors (Lipinski definition) is 2. The van der Waals surface area contributed by atoms with Crippen molar-refractivity contribution in [1.29, 1.82) is 0 Å². The zero-order valence-corrected chi connectivity index (χ0v) is 11.7. The van der Waals surface area contributed by atoms with Crippen LogP contribution < -0.4 is 4.90 Å². The Morgan fingerprint density at radius 2 is 2.06 bits per heavy atom. The van der Waals surface area contributed by atoms with Crippen LogP contribution in [0.3, 0.4) is 0 Å². The van der Waals surface area contributed by atoms with Crippen molar-refractivity contribution in [2.24, 2.45) is 0 Å². The van der Waals surface area contributed by atoms with Gasteiger partial charge in [-0.3, -0.25) is 4.79 Å². The van der Waals surface area contributed by atoms with E-state index in [1.54, 1.807) is 6.08 Å². The number of halogens is 1. The van der Waals surface area contributed by atoms with Crippen LogP contribution >= 0.6 is 11.6 Å². The van der Waals surface area contributed by atoms with Gasteiger partial charge in [-0.15, -0.1) is 11.6 Å². The van der Waals surface area contributed by atoms with Gasteiger partial charge in [-0.1, -0.05) is 32.0 Å². The van der Waals surface area contributed by atoms with Gasteiger partial charge >= 0.3 is 0 Å². The van der Waals surface area contributed by atoms with E-state index in [1.165, 1.54) is 5.56 Å². The van der Waals surface area contributed by atoms with Crippen LogP contribution in [0.1, 0.15) is 26.3 Å². The highest BCUT2D eigenvalue weighted by Crippen LogP contribution is 2.47. The van der Waals surface area contributed by atoms with Crippen LogP contribution in [0.25, 0.3) is 0 Å². The fraction of sp³-hybridized carbons (Fsp3) is 0.400. The van der Waals surface area contributed by atoms with Crippen molar-refractivity contribution in [1.82, 2.24) is 0 Å². The number of carbonyl (C=O) groups is 1. The number of fused-ring (bicyclic) bond motifs is 1. The summed E-state index contributed by atoms with van der Waals surface area (Å²) in [6, 6.07) is 8.26. The first kappa shape index (κ1) is 13.2. The lowest BCUT2D eigenvalue weighted by Crippen LogP contribution is -2.30. The monoisotopic (exact) mass is 263 g/mol. The minimum absolute atomic E-state index is 0.0296. The molecule has 0 spiro atoms. The number of rotatable bonds is 3. The highest BCUT2D eigenvalue weighted by atomic mass is 35.5. The van der Waals surface area contributed by atoms with Crippen LogP contribution in [-0.2, 0) is 10.2 Å². The molecule has 96 valence electrons. The summed E-state index contributed by atoms with van der Waals surface area (Å²) in [5, 5.41) is 0.0296. The molecule has 0 aliphatic carbocycles. The maximum absolute atomic E-state index is 10.9. The second-order valence-corrected chi connectivity index (χ2v) is 5.97. The van der Waals surface area contributed by atoms with Crippen LogP contribution in [0.2, 0.25) is 0 Å². The van der Waals surface area contributed by atoms with Crippen molar-refractivity contribution >= 4 is 23.6 Å². The number of aldehydes is 1. The van der Waals surface area contributed by atoms with E-state index >= 15 is 0 Å². The molecule has 2 rings (SSSR count). The Labute approximate surface area is 113 Å². The third-order valence-corrected chi connectivity index (χ3v) is 3.60. The minimum atomic E-state index is -0.150. The molecule has 1 aromatic carbocycles. The van der Waals surface area contributed by atoms with Gasteiger partial charge < -0.3 is 4.90 Å². The molecule has 3 heteroatoms. The number of alkyl halides is 1. The molecule has 0 saturated heterocycles. The zero-order valence-electron chi connectivity index (χ0n) is 11.0. The molecule has 0 amide bonds. The largest absolute Gasteiger partial charge is 0.342 e. The summed E-state index contributed by atoms with van der Waals surface area (Å²) >= 11 is 6.13. The molecule has 0 radical (unpaired) electrons. The maximum Gasteiger partial charge on any atom is 0.144 e. The lowest BCUT2D eigenvalue weighted by atomic mass is 9.84. The van der Waals surface area contributed by atoms with Gasteiger partial charge in [0.25, 0.3) is 0 Å². The topological polar surface area (TPSA) is 20.3 Å². The molecule has 1 aromatic rings. The SMILES string of the molecule is CC(Cl)CN1C(=CC=O)C(C)(C)c2ccccc21. The summed E-state index contributed by atoms with van der Waals surface area (Å²) in [6.07, 6.45) is 2.51. The van der Waals surface area contributed by atoms with Crippen LogP contribution in [-0.4, -0.2) is 18.2 Å². The summed E-state index contributed by atoms with van der Waals surface area (Å²) in [6.45, 7) is 6.95. The number of nitrogens with zero attached hydrogens (tertiary/aromatic N) is 1. The molecule has 1 unspecified atom stereocenters. The van der Waals surface area contributed by atoms with Crippen LogP contribution in [0.4, 0.5) is 5.69 Å². The second kappa shape index (κ2) is 4.77. The Morgan fingerprint density at radius 1 is 1.39 bits per heavy atom. The molecule has 0 aromatic heterocycles. The average molecular weight is 264 g/mol. The van der Waals surface area contributed by atoms with Gasteiger partial charge in [0.1, 0.15) is 6.29 Å². The second-order valence-electron chi connectivity index (χ2n) is 5.22. The van der Waals surface area contributed by atoms with E-state index in [-0.39, 0.29) is 10.8 Å². The van der Waals surface area contributed by atoms with E-state index in [4.69, 9.17) is 11.6 Å². The van der Waals surface area contributed by atoms with Crippen molar-refractivity contribution in [3.8, 4) is 0 Å². The third kappa shape index (κ3) is 2.05. The maximum atomic E-state index is 10.9. The lowest BCUT2D eigenvalue weighted by molar-refractivity contribution is -0.104. The van der Waals surface area contributed by atoms with Crippen molar-refractivity contribution in [3.63, 3.8) is 0 Å². The summed E-state index contributed by atoms with van der Waals surface area (Å²) in [5.74, 6) is 0. The Bertz CT molecular complexity index is 491. The molecule has 2 nitrogen and oxygen atoms in total. The van der Waals surface area contributed by atoms with Crippen molar-refractivity contribution in [2.75, 3.05) is 11.4 Å². The Balaban J connectivity index is 2.56. The van der Waals surface area contributed by atoms with Crippen molar-refractivity contribution in [3.05, 3.63) is 41.6 Å². The molecule has 0 saturated carbocycles. The first-order valence-electron chi connectivity index (χ1n) is 6.15. The summed E-state index contributed by atoms with van der Waals surface area (Å²) < 4.78 is 0. The summed E-state index contributed by atoms with van der Waals surface area (Å²) in [7, 11) is 0. The van der Waals surface area contributed by atoms with Gasteiger partial charge in [0.2, 0.25) is 0 Å². The molecule has 1 aliphatic heterocycles. The highest BCUT2D eigenvalue weighted by molar-refractivity contribution is 6.20. The van der Waals surface area contributed by atoms with Gasteiger partial charge in [-0.25, -0.2) is 0 Å². The number of para-hydroxylation sites is 1. The first-order valence-corrected chi connectivity index (χ1v) is 6.59. The highest BCUT2D eigenvalue weighted by Gasteiger charge is 2.39. The Kier molecular flexibility index (Phi) is 3.49. The summed E-state index contributed by atoms with van der Waals surface area (Å²) in [4.78, 5) is 13.0. The predicted octanol–water partition coefficient (Wildman–Crippen LogP) is 3.49. The number of carbonyl (C=O) groups excluding carboxylic acids is 1.